The number of carbonyl (C=O) groups excluding carboxylic acids is 1. The molecule has 1 aliphatic rings. The van der Waals surface area contributed by atoms with E-state index in [0.717, 1.165) is 48.6 Å². The molecule has 0 radical (unpaired) electrons. The topological polar surface area (TPSA) is 74.6 Å². The number of nitrogens with one attached hydrogen (secondary N) is 1. The van der Waals surface area contributed by atoms with Crippen molar-refractivity contribution in [1.82, 2.24) is 5.32 Å². The summed E-state index contributed by atoms with van der Waals surface area (Å²) in [5.74, 6) is 0.00484. The molecule has 1 saturated heterocycles. The van der Waals surface area contributed by atoms with Crippen LogP contribution < -0.4 is 10.2 Å². The molecule has 192 valence electrons. The summed E-state index contributed by atoms with van der Waals surface area (Å²) in [6.45, 7) is 7.46. The average molecular weight is 498 g/mol. The number of ether oxygens (including phenoxy) is 2. The molecule has 0 spiro atoms. The lowest BCUT2D eigenvalue weighted by Gasteiger charge is -2.29. The zero-order valence-corrected chi connectivity index (χ0v) is 21.6. The van der Waals surface area contributed by atoms with E-state index in [-0.39, 0.29) is 18.4 Å². The Hall–Kier alpha value is -3.66. The molecule has 0 bridgehead atoms. The molecule has 0 aliphatic carbocycles. The molecule has 1 amide bonds. The summed E-state index contributed by atoms with van der Waals surface area (Å²) in [5.41, 5.74) is 5.43. The van der Waals surface area contributed by atoms with Crippen molar-refractivity contribution in [2.45, 2.75) is 32.5 Å². The lowest BCUT2D eigenvalue weighted by molar-refractivity contribution is -0.136. The summed E-state index contributed by atoms with van der Waals surface area (Å²) < 4.78 is 11.9. The monoisotopic (exact) mass is 497 g/mol. The Bertz CT molecular complexity index is 1170. The van der Waals surface area contributed by atoms with Gasteiger partial charge in [0, 0.05) is 18.8 Å². The summed E-state index contributed by atoms with van der Waals surface area (Å²) in [7, 11) is 0. The molecule has 1 heterocycles. The van der Waals surface area contributed by atoms with Gasteiger partial charge in [-0.1, -0.05) is 80.6 Å². The van der Waals surface area contributed by atoms with Crippen LogP contribution in [-0.4, -0.2) is 44.9 Å². The van der Waals surface area contributed by atoms with E-state index in [9.17, 15) is 4.79 Å². The van der Waals surface area contributed by atoms with Gasteiger partial charge in [-0.25, -0.2) is 0 Å². The summed E-state index contributed by atoms with van der Waals surface area (Å²) in [5, 5.41) is 11.6. The fourth-order valence-corrected chi connectivity index (χ4v) is 4.57. The summed E-state index contributed by atoms with van der Waals surface area (Å²) >= 11 is 0. The highest BCUT2D eigenvalue weighted by atomic mass is 16.5. The molecule has 0 saturated carbocycles. The van der Waals surface area contributed by atoms with Crippen molar-refractivity contribution in [2.24, 2.45) is 5.92 Å². The predicted octanol–water partition coefficient (Wildman–Crippen LogP) is 5.35. The number of nitrogens with zero attached hydrogens (tertiary/aromatic N) is 2. The Balaban J connectivity index is 1.56. The predicted molar refractivity (Wildman–Crippen MR) is 146 cm³/mol. The van der Waals surface area contributed by atoms with Crippen molar-refractivity contribution < 1.29 is 14.3 Å². The lowest BCUT2D eigenvalue weighted by Crippen LogP contribution is -2.38. The quantitative estimate of drug-likeness (QED) is 0.382. The first-order chi connectivity index (χ1) is 18.0. The van der Waals surface area contributed by atoms with Crippen LogP contribution in [0.5, 0.6) is 0 Å². The average Bonchev–Trinajstić information content (AvgIpc) is 2.95. The van der Waals surface area contributed by atoms with Gasteiger partial charge in [0.05, 0.1) is 19.3 Å². The minimum absolute atomic E-state index is 0.0359. The maximum atomic E-state index is 12.8. The molecule has 1 aliphatic heterocycles. The van der Waals surface area contributed by atoms with Crippen LogP contribution in [0.3, 0.4) is 0 Å². The number of hydrogen-bond donors (Lipinski definition) is 1. The standard InChI is InChI=1S/C31H35N3O3/c1-23(2)22-29(31(35)33-17-16-32)37-30(26-6-4-3-5-7-26)27-10-8-24(9-11-27)25-12-14-28(15-13-25)34-18-20-36-21-19-34/h3-15,23,29-30H,17-22H2,1-2H3,(H,33,35)/t29-,30+/m0/s1. The van der Waals surface area contributed by atoms with Gasteiger partial charge in [-0.2, -0.15) is 5.26 Å². The summed E-state index contributed by atoms with van der Waals surface area (Å²) in [6.07, 6.45) is -0.504. The number of anilines is 1. The van der Waals surface area contributed by atoms with Gasteiger partial charge in [0.25, 0.3) is 0 Å². The molecule has 1 fully saturated rings. The van der Waals surface area contributed by atoms with E-state index in [0.29, 0.717) is 6.42 Å². The number of amides is 1. The highest BCUT2D eigenvalue weighted by molar-refractivity contribution is 5.81. The van der Waals surface area contributed by atoms with Crippen LogP contribution in [-0.2, 0) is 14.3 Å². The summed E-state index contributed by atoms with van der Waals surface area (Å²) in [6, 6.07) is 28.9. The fraction of sp³-hybridized carbons (Fsp3) is 0.355. The van der Waals surface area contributed by atoms with Crippen LogP contribution in [0, 0.1) is 17.2 Å². The van der Waals surface area contributed by atoms with Crippen molar-refractivity contribution >= 4 is 11.6 Å². The van der Waals surface area contributed by atoms with Gasteiger partial charge >= 0.3 is 0 Å². The second-order valence-corrected chi connectivity index (χ2v) is 9.69. The summed E-state index contributed by atoms with van der Waals surface area (Å²) in [4.78, 5) is 15.2. The zero-order valence-electron chi connectivity index (χ0n) is 21.6. The minimum Gasteiger partial charge on any atom is -0.378 e. The second-order valence-electron chi connectivity index (χ2n) is 9.69. The number of benzene rings is 3. The molecule has 4 rings (SSSR count). The highest BCUT2D eigenvalue weighted by Crippen LogP contribution is 2.31. The zero-order chi connectivity index (χ0) is 26.0. The van der Waals surface area contributed by atoms with Crippen LogP contribution in [0.2, 0.25) is 0 Å². The van der Waals surface area contributed by atoms with E-state index < -0.39 is 12.2 Å². The maximum absolute atomic E-state index is 12.8. The Kier molecular flexibility index (Phi) is 9.31. The molecule has 3 aromatic rings. The number of rotatable bonds is 10. The first kappa shape index (κ1) is 26.4. The van der Waals surface area contributed by atoms with Gasteiger partial charge in [-0.3, -0.25) is 4.79 Å². The third kappa shape index (κ3) is 7.19. The largest absolute Gasteiger partial charge is 0.378 e. The molecule has 1 N–H and O–H groups in total. The highest BCUT2D eigenvalue weighted by Gasteiger charge is 2.26. The number of nitriles is 1. The Morgan fingerprint density at radius 2 is 1.54 bits per heavy atom. The molecule has 0 aromatic heterocycles. The SMILES string of the molecule is CC(C)C[C@H](O[C@H](c1ccccc1)c1ccc(-c2ccc(N3CCOCC3)cc2)cc1)C(=O)NCC#N. The third-order valence-electron chi connectivity index (χ3n) is 6.51. The van der Waals surface area contributed by atoms with Gasteiger partial charge in [0.15, 0.2) is 0 Å². The van der Waals surface area contributed by atoms with Crippen LogP contribution >= 0.6 is 0 Å². The van der Waals surface area contributed by atoms with Crippen LogP contribution in [0.25, 0.3) is 11.1 Å². The van der Waals surface area contributed by atoms with Gasteiger partial charge in [0.2, 0.25) is 5.91 Å². The van der Waals surface area contributed by atoms with Crippen molar-refractivity contribution in [3.8, 4) is 17.2 Å². The number of carbonyl (C=O) groups is 1. The number of morpholine rings is 1. The molecule has 3 aromatic carbocycles. The normalized spacial score (nSPS) is 15.1. The maximum Gasteiger partial charge on any atom is 0.250 e. The van der Waals surface area contributed by atoms with E-state index in [1.807, 2.05) is 36.4 Å². The first-order valence-electron chi connectivity index (χ1n) is 12.9. The minimum atomic E-state index is -0.661. The van der Waals surface area contributed by atoms with Gasteiger partial charge in [-0.05, 0) is 46.7 Å². The molecule has 0 unspecified atom stereocenters. The van der Waals surface area contributed by atoms with Crippen LogP contribution in [0.15, 0.2) is 78.9 Å². The molecular weight excluding hydrogens is 462 g/mol. The van der Waals surface area contributed by atoms with Crippen molar-refractivity contribution in [2.75, 3.05) is 37.7 Å². The molecule has 37 heavy (non-hydrogen) atoms. The van der Waals surface area contributed by atoms with Gasteiger partial charge < -0.3 is 19.7 Å². The lowest BCUT2D eigenvalue weighted by atomic mass is 9.97. The Morgan fingerprint density at radius 1 is 0.946 bits per heavy atom. The Labute approximate surface area is 219 Å². The van der Waals surface area contributed by atoms with E-state index in [1.165, 1.54) is 5.69 Å². The van der Waals surface area contributed by atoms with Gasteiger partial charge in [-0.15, -0.1) is 0 Å². The van der Waals surface area contributed by atoms with E-state index >= 15 is 0 Å². The molecule has 6 nitrogen and oxygen atoms in total. The van der Waals surface area contributed by atoms with Crippen LogP contribution in [0.4, 0.5) is 5.69 Å². The second kappa shape index (κ2) is 13.0. The van der Waals surface area contributed by atoms with E-state index in [2.05, 4.69) is 72.6 Å². The van der Waals surface area contributed by atoms with Crippen molar-refractivity contribution in [1.29, 1.82) is 5.26 Å². The fourth-order valence-electron chi connectivity index (χ4n) is 4.57. The van der Waals surface area contributed by atoms with E-state index in [1.54, 1.807) is 0 Å². The van der Waals surface area contributed by atoms with Crippen molar-refractivity contribution in [3.63, 3.8) is 0 Å². The van der Waals surface area contributed by atoms with Crippen LogP contribution in [0.1, 0.15) is 37.5 Å². The molecule has 2 atom stereocenters. The third-order valence-corrected chi connectivity index (χ3v) is 6.51. The first-order valence-corrected chi connectivity index (χ1v) is 12.9. The number of hydrogen-bond acceptors (Lipinski definition) is 5. The smallest absolute Gasteiger partial charge is 0.250 e. The van der Waals surface area contributed by atoms with Crippen molar-refractivity contribution in [3.05, 3.63) is 90.0 Å². The Morgan fingerprint density at radius 3 is 2.14 bits per heavy atom. The van der Waals surface area contributed by atoms with Gasteiger partial charge in [0.1, 0.15) is 18.8 Å². The van der Waals surface area contributed by atoms with E-state index in [4.69, 9.17) is 14.7 Å². The molecular formula is C31H35N3O3. The molecule has 6 heteroatoms.